The predicted octanol–water partition coefficient (Wildman–Crippen LogP) is 1.94. The molecule has 3 rings (SSSR count). The molecule has 2 aliphatic rings. The van der Waals surface area contributed by atoms with Crippen LogP contribution < -0.4 is 0 Å². The van der Waals surface area contributed by atoms with Crippen LogP contribution in [-0.2, 0) is 13.0 Å². The van der Waals surface area contributed by atoms with Gasteiger partial charge in [0.2, 0.25) is 5.89 Å². The highest BCUT2D eigenvalue weighted by Gasteiger charge is 2.30. The molecule has 0 bridgehead atoms. The van der Waals surface area contributed by atoms with Crippen molar-refractivity contribution in [3.05, 3.63) is 11.7 Å². The van der Waals surface area contributed by atoms with Crippen molar-refractivity contribution in [1.29, 1.82) is 0 Å². The second kappa shape index (κ2) is 6.22. The standard InChI is InChI=1S/C15H26N4O/c1-12(2)5-6-14-16-15(20-17-14)11-18-8-9-19-7-3-4-13(19)10-18/h12-13H,3-11H2,1-2H3. The molecule has 5 heteroatoms. The minimum atomic E-state index is 0.687. The van der Waals surface area contributed by atoms with Gasteiger partial charge in [0.05, 0.1) is 6.54 Å². The molecular weight excluding hydrogens is 252 g/mol. The first-order valence-corrected chi connectivity index (χ1v) is 7.98. The fourth-order valence-electron chi connectivity index (χ4n) is 3.26. The predicted molar refractivity (Wildman–Crippen MR) is 77.3 cm³/mol. The van der Waals surface area contributed by atoms with Crippen LogP contribution in [-0.4, -0.2) is 52.2 Å². The lowest BCUT2D eigenvalue weighted by Crippen LogP contribution is -2.49. The Balaban J connectivity index is 1.50. The van der Waals surface area contributed by atoms with Crippen molar-refractivity contribution in [3.8, 4) is 0 Å². The lowest BCUT2D eigenvalue weighted by Gasteiger charge is -2.36. The van der Waals surface area contributed by atoms with Crippen molar-refractivity contribution in [2.75, 3.05) is 26.2 Å². The van der Waals surface area contributed by atoms with Gasteiger partial charge >= 0.3 is 0 Å². The average Bonchev–Trinajstić information content (AvgIpc) is 3.04. The van der Waals surface area contributed by atoms with Crippen molar-refractivity contribution < 1.29 is 4.52 Å². The van der Waals surface area contributed by atoms with Crippen LogP contribution in [0.5, 0.6) is 0 Å². The Hall–Kier alpha value is -0.940. The maximum Gasteiger partial charge on any atom is 0.240 e. The third-order valence-electron chi connectivity index (χ3n) is 4.49. The Kier molecular flexibility index (Phi) is 4.36. The first-order valence-electron chi connectivity index (χ1n) is 7.98. The van der Waals surface area contributed by atoms with E-state index in [1.807, 2.05) is 0 Å². The van der Waals surface area contributed by atoms with Crippen LogP contribution in [0.3, 0.4) is 0 Å². The minimum absolute atomic E-state index is 0.687. The molecule has 1 unspecified atom stereocenters. The van der Waals surface area contributed by atoms with Gasteiger partial charge in [-0.3, -0.25) is 9.80 Å². The summed E-state index contributed by atoms with van der Waals surface area (Å²) in [6, 6.07) is 0.757. The molecule has 0 N–H and O–H groups in total. The van der Waals surface area contributed by atoms with E-state index >= 15 is 0 Å². The van der Waals surface area contributed by atoms with Gasteiger partial charge in [-0.2, -0.15) is 4.98 Å². The number of aryl methyl sites for hydroxylation is 1. The summed E-state index contributed by atoms with van der Waals surface area (Å²) in [5, 5.41) is 4.10. The molecule has 0 saturated carbocycles. The summed E-state index contributed by atoms with van der Waals surface area (Å²) < 4.78 is 5.39. The third-order valence-corrected chi connectivity index (χ3v) is 4.49. The zero-order chi connectivity index (χ0) is 13.9. The SMILES string of the molecule is CC(C)CCc1noc(CN2CCN3CCCC3C2)n1. The molecule has 1 aromatic rings. The van der Waals surface area contributed by atoms with Crippen LogP contribution in [0.4, 0.5) is 0 Å². The topological polar surface area (TPSA) is 45.4 Å². The maximum absolute atomic E-state index is 5.39. The highest BCUT2D eigenvalue weighted by molar-refractivity contribution is 4.91. The number of nitrogens with zero attached hydrogens (tertiary/aromatic N) is 4. The molecule has 2 saturated heterocycles. The molecule has 20 heavy (non-hydrogen) atoms. The van der Waals surface area contributed by atoms with Crippen molar-refractivity contribution in [3.63, 3.8) is 0 Å². The zero-order valence-corrected chi connectivity index (χ0v) is 12.7. The molecule has 0 aromatic carbocycles. The van der Waals surface area contributed by atoms with Crippen LogP contribution in [0.2, 0.25) is 0 Å². The number of hydrogen-bond donors (Lipinski definition) is 0. The van der Waals surface area contributed by atoms with Crippen molar-refractivity contribution in [2.45, 2.75) is 52.1 Å². The van der Waals surface area contributed by atoms with E-state index in [4.69, 9.17) is 4.52 Å². The average molecular weight is 278 g/mol. The quantitative estimate of drug-likeness (QED) is 0.823. The molecule has 0 radical (unpaired) electrons. The number of fused-ring (bicyclic) bond motifs is 1. The van der Waals surface area contributed by atoms with E-state index in [9.17, 15) is 0 Å². The van der Waals surface area contributed by atoms with Crippen LogP contribution >= 0.6 is 0 Å². The molecule has 2 aliphatic heterocycles. The van der Waals surface area contributed by atoms with Gasteiger partial charge in [0, 0.05) is 32.1 Å². The van der Waals surface area contributed by atoms with E-state index < -0.39 is 0 Å². The largest absolute Gasteiger partial charge is 0.338 e. The molecule has 1 aromatic heterocycles. The fraction of sp³-hybridized carbons (Fsp3) is 0.867. The van der Waals surface area contributed by atoms with E-state index in [1.54, 1.807) is 0 Å². The van der Waals surface area contributed by atoms with Gasteiger partial charge in [-0.1, -0.05) is 19.0 Å². The van der Waals surface area contributed by atoms with Gasteiger partial charge in [0.25, 0.3) is 0 Å². The number of rotatable bonds is 5. The Morgan fingerprint density at radius 2 is 2.20 bits per heavy atom. The lowest BCUT2D eigenvalue weighted by molar-refractivity contribution is 0.0908. The summed E-state index contributed by atoms with van der Waals surface area (Å²) in [5.41, 5.74) is 0. The van der Waals surface area contributed by atoms with Crippen LogP contribution in [0.15, 0.2) is 4.52 Å². The third kappa shape index (κ3) is 3.38. The van der Waals surface area contributed by atoms with Crippen molar-refractivity contribution >= 4 is 0 Å². The van der Waals surface area contributed by atoms with Gasteiger partial charge in [0.1, 0.15) is 0 Å². The Labute approximate surface area is 121 Å². The summed E-state index contributed by atoms with van der Waals surface area (Å²) in [6.45, 7) is 10.0. The Morgan fingerprint density at radius 3 is 3.05 bits per heavy atom. The molecule has 0 aliphatic carbocycles. The second-order valence-electron chi connectivity index (χ2n) is 6.60. The van der Waals surface area contributed by atoms with Crippen LogP contribution in [0, 0.1) is 5.92 Å². The highest BCUT2D eigenvalue weighted by Crippen LogP contribution is 2.22. The molecular formula is C15H26N4O. The van der Waals surface area contributed by atoms with E-state index in [2.05, 4.69) is 33.8 Å². The second-order valence-corrected chi connectivity index (χ2v) is 6.60. The Bertz CT molecular complexity index is 431. The summed E-state index contributed by atoms with van der Waals surface area (Å²) in [5.74, 6) is 2.34. The van der Waals surface area contributed by atoms with Crippen molar-refractivity contribution in [1.82, 2.24) is 19.9 Å². The molecule has 5 nitrogen and oxygen atoms in total. The highest BCUT2D eigenvalue weighted by atomic mass is 16.5. The summed E-state index contributed by atoms with van der Waals surface area (Å²) in [4.78, 5) is 9.62. The van der Waals surface area contributed by atoms with Crippen molar-refractivity contribution in [2.24, 2.45) is 5.92 Å². The summed E-state index contributed by atoms with van der Waals surface area (Å²) >= 11 is 0. The molecule has 2 fully saturated rings. The first-order chi connectivity index (χ1) is 9.70. The molecule has 1 atom stereocenters. The van der Waals surface area contributed by atoms with Gasteiger partial charge < -0.3 is 4.52 Å². The molecule has 112 valence electrons. The lowest BCUT2D eigenvalue weighted by atomic mass is 10.1. The number of hydrogen-bond acceptors (Lipinski definition) is 5. The summed E-state index contributed by atoms with van der Waals surface area (Å²) in [7, 11) is 0. The Morgan fingerprint density at radius 1 is 1.30 bits per heavy atom. The van der Waals surface area contributed by atoms with Gasteiger partial charge in [0.15, 0.2) is 5.82 Å². The van der Waals surface area contributed by atoms with Gasteiger partial charge in [-0.25, -0.2) is 0 Å². The maximum atomic E-state index is 5.39. The fourth-order valence-corrected chi connectivity index (χ4v) is 3.26. The van der Waals surface area contributed by atoms with E-state index in [1.165, 1.54) is 25.9 Å². The smallest absolute Gasteiger partial charge is 0.240 e. The van der Waals surface area contributed by atoms with E-state index in [-0.39, 0.29) is 0 Å². The molecule has 3 heterocycles. The first kappa shape index (κ1) is 14.0. The summed E-state index contributed by atoms with van der Waals surface area (Å²) in [6.07, 6.45) is 4.76. The van der Waals surface area contributed by atoms with Gasteiger partial charge in [-0.15, -0.1) is 0 Å². The van der Waals surface area contributed by atoms with E-state index in [0.29, 0.717) is 5.92 Å². The van der Waals surface area contributed by atoms with Crippen LogP contribution in [0.1, 0.15) is 44.8 Å². The molecule has 0 spiro atoms. The number of aromatic nitrogens is 2. The van der Waals surface area contributed by atoms with E-state index in [0.717, 1.165) is 50.2 Å². The zero-order valence-electron chi connectivity index (χ0n) is 12.7. The monoisotopic (exact) mass is 278 g/mol. The normalized spacial score (nSPS) is 24.4. The number of piperazine rings is 1. The molecule has 0 amide bonds. The van der Waals surface area contributed by atoms with Crippen LogP contribution in [0.25, 0.3) is 0 Å². The minimum Gasteiger partial charge on any atom is -0.338 e. The van der Waals surface area contributed by atoms with Gasteiger partial charge in [-0.05, 0) is 31.7 Å².